The van der Waals surface area contributed by atoms with Crippen molar-refractivity contribution in [3.8, 4) is 0 Å². The number of rotatable bonds is 5. The maximum Gasteiger partial charge on any atom is 0.348 e. The fourth-order valence-corrected chi connectivity index (χ4v) is 4.25. The van der Waals surface area contributed by atoms with Gasteiger partial charge in [-0.15, -0.1) is 0 Å². The zero-order chi connectivity index (χ0) is 25.7. The SMILES string of the molecule is [B]C1CC(=O)NC(=O)C1([B])N1Cc2cc(CN([B])C(=O)C(F)(F)c3ccc(Cl)cc3)ccc2C1=O. The standard InChI is InChI=1S/C22H15B3ClF2N3O4/c23-16-8-17(32)29-19(34)21(16,24)30-10-12-7-11(1-6-15(12)18(30)33)9-31(25)20(35)22(27,28)13-2-4-14(26)5-3-13/h1-7,16H,8-10H2,(H,29,32,34). The van der Waals surface area contributed by atoms with Gasteiger partial charge in [0, 0.05) is 35.7 Å². The van der Waals surface area contributed by atoms with Crippen molar-refractivity contribution in [2.75, 3.05) is 0 Å². The molecule has 2 aromatic carbocycles. The van der Waals surface area contributed by atoms with E-state index in [9.17, 15) is 28.0 Å². The van der Waals surface area contributed by atoms with Gasteiger partial charge in [-0.05, 0) is 35.1 Å². The molecular weight excluding hydrogens is 476 g/mol. The monoisotopic (exact) mass is 491 g/mol. The van der Waals surface area contributed by atoms with E-state index in [0.717, 1.165) is 17.0 Å². The second kappa shape index (κ2) is 8.82. The number of benzene rings is 2. The van der Waals surface area contributed by atoms with Gasteiger partial charge < -0.3 is 9.71 Å². The molecule has 35 heavy (non-hydrogen) atoms. The number of nitrogens with zero attached hydrogens (tertiary/aromatic N) is 2. The van der Waals surface area contributed by atoms with Crippen LogP contribution in [0.5, 0.6) is 0 Å². The van der Waals surface area contributed by atoms with Crippen molar-refractivity contribution in [1.29, 1.82) is 0 Å². The van der Waals surface area contributed by atoms with Crippen LogP contribution in [0.3, 0.4) is 0 Å². The lowest BCUT2D eigenvalue weighted by Crippen LogP contribution is -2.66. The Hall–Kier alpha value is -3.14. The van der Waals surface area contributed by atoms with Crippen molar-refractivity contribution in [3.05, 3.63) is 69.7 Å². The normalized spacial score (nSPS) is 22.1. The van der Waals surface area contributed by atoms with Gasteiger partial charge in [0.1, 0.15) is 7.85 Å². The van der Waals surface area contributed by atoms with Crippen molar-refractivity contribution in [2.45, 2.75) is 36.7 Å². The summed E-state index contributed by atoms with van der Waals surface area (Å²) in [7, 11) is 17.8. The number of carbonyl (C=O) groups excluding carboxylic acids is 4. The van der Waals surface area contributed by atoms with E-state index in [2.05, 4.69) is 5.32 Å². The van der Waals surface area contributed by atoms with Gasteiger partial charge in [-0.3, -0.25) is 24.5 Å². The zero-order valence-electron chi connectivity index (χ0n) is 18.1. The molecule has 0 aromatic heterocycles. The number of halogens is 3. The lowest BCUT2D eigenvalue weighted by Gasteiger charge is -2.45. The molecule has 1 saturated heterocycles. The molecule has 0 saturated carbocycles. The number of hydrogen-bond donors (Lipinski definition) is 1. The summed E-state index contributed by atoms with van der Waals surface area (Å²) >= 11 is 5.71. The van der Waals surface area contributed by atoms with Crippen LogP contribution in [-0.4, -0.2) is 62.5 Å². The Morgan fingerprint density at radius 2 is 1.86 bits per heavy atom. The number of fused-ring (bicyclic) bond motifs is 1. The molecule has 0 aliphatic carbocycles. The Morgan fingerprint density at radius 3 is 2.49 bits per heavy atom. The molecule has 2 atom stereocenters. The molecule has 7 nitrogen and oxygen atoms in total. The van der Waals surface area contributed by atoms with E-state index in [4.69, 9.17) is 35.3 Å². The highest BCUT2D eigenvalue weighted by Crippen LogP contribution is 2.38. The number of imide groups is 1. The van der Waals surface area contributed by atoms with Gasteiger partial charge in [0.25, 0.3) is 11.8 Å². The fourth-order valence-electron chi connectivity index (χ4n) is 4.13. The van der Waals surface area contributed by atoms with Gasteiger partial charge in [-0.25, -0.2) is 0 Å². The second-order valence-corrected chi connectivity index (χ2v) is 8.85. The van der Waals surface area contributed by atoms with Gasteiger partial charge in [0.2, 0.25) is 19.8 Å². The first-order valence-electron chi connectivity index (χ1n) is 10.4. The number of alkyl halides is 2. The molecule has 1 N–H and O–H groups in total. The average Bonchev–Trinajstić information content (AvgIpc) is 3.13. The summed E-state index contributed by atoms with van der Waals surface area (Å²) in [6.07, 6.45) is -0.250. The number of piperidine rings is 1. The van der Waals surface area contributed by atoms with Crippen molar-refractivity contribution < 1.29 is 28.0 Å². The molecule has 2 aromatic rings. The fraction of sp³-hybridized carbons (Fsp3) is 0.273. The molecule has 2 aliphatic heterocycles. The van der Waals surface area contributed by atoms with Crippen LogP contribution >= 0.6 is 11.6 Å². The molecule has 2 unspecified atom stereocenters. The van der Waals surface area contributed by atoms with Gasteiger partial charge >= 0.3 is 5.92 Å². The number of hydrogen-bond acceptors (Lipinski definition) is 4. The Kier molecular flexibility index (Phi) is 6.29. The highest BCUT2D eigenvalue weighted by molar-refractivity contribution is 6.38. The average molecular weight is 491 g/mol. The van der Waals surface area contributed by atoms with Crippen LogP contribution in [0.2, 0.25) is 10.8 Å². The van der Waals surface area contributed by atoms with Gasteiger partial charge in [0.15, 0.2) is 0 Å². The van der Waals surface area contributed by atoms with Crippen LogP contribution in [0.25, 0.3) is 0 Å². The topological polar surface area (TPSA) is 86.8 Å². The summed E-state index contributed by atoms with van der Waals surface area (Å²) in [4.78, 5) is 50.9. The highest BCUT2D eigenvalue weighted by atomic mass is 35.5. The van der Waals surface area contributed by atoms with Crippen LogP contribution < -0.4 is 5.32 Å². The Morgan fingerprint density at radius 1 is 1.20 bits per heavy atom. The van der Waals surface area contributed by atoms with Crippen molar-refractivity contribution in [1.82, 2.24) is 15.0 Å². The first kappa shape index (κ1) is 25.0. The van der Waals surface area contributed by atoms with Crippen molar-refractivity contribution in [2.24, 2.45) is 0 Å². The van der Waals surface area contributed by atoms with Crippen molar-refractivity contribution >= 4 is 58.9 Å². The molecule has 1 fully saturated rings. The van der Waals surface area contributed by atoms with Gasteiger partial charge in [0.05, 0.1) is 13.3 Å². The number of amides is 4. The van der Waals surface area contributed by atoms with Crippen molar-refractivity contribution in [3.63, 3.8) is 0 Å². The summed E-state index contributed by atoms with van der Waals surface area (Å²) in [6.45, 7) is -0.501. The Balaban J connectivity index is 1.52. The Bertz CT molecular complexity index is 1250. The predicted octanol–water partition coefficient (Wildman–Crippen LogP) is 1.37. The summed E-state index contributed by atoms with van der Waals surface area (Å²) < 4.78 is 29.3. The molecule has 2 aliphatic rings. The molecule has 2 heterocycles. The minimum absolute atomic E-state index is 0.118. The van der Waals surface area contributed by atoms with E-state index in [1.807, 2.05) is 0 Å². The molecule has 0 spiro atoms. The smallest absolute Gasteiger partial charge is 0.348 e. The quantitative estimate of drug-likeness (QED) is 0.506. The molecule has 0 bridgehead atoms. The maximum absolute atomic E-state index is 14.7. The largest absolute Gasteiger partial charge is 0.387 e. The second-order valence-electron chi connectivity index (χ2n) is 8.41. The highest BCUT2D eigenvalue weighted by Gasteiger charge is 2.51. The first-order valence-corrected chi connectivity index (χ1v) is 10.8. The maximum atomic E-state index is 14.7. The molecular formula is C22H15B3ClF2N3O4. The third kappa shape index (κ3) is 4.24. The number of nitrogens with one attached hydrogen (secondary N) is 1. The van der Waals surface area contributed by atoms with Gasteiger partial charge in [-0.1, -0.05) is 35.9 Å². The Labute approximate surface area is 208 Å². The zero-order valence-corrected chi connectivity index (χ0v) is 18.9. The van der Waals surface area contributed by atoms with Crippen LogP contribution in [0.1, 0.15) is 33.5 Å². The molecule has 4 rings (SSSR count). The molecule has 172 valence electrons. The summed E-state index contributed by atoms with van der Waals surface area (Å²) in [5.41, 5.74) is -1.51. The van der Waals surface area contributed by atoms with Crippen LogP contribution in [-0.2, 0) is 33.4 Å². The molecule has 13 heteroatoms. The molecule has 6 radical (unpaired) electrons. The predicted molar refractivity (Wildman–Crippen MR) is 124 cm³/mol. The third-order valence-electron chi connectivity index (χ3n) is 6.10. The van der Waals surface area contributed by atoms with Crippen LogP contribution in [0, 0.1) is 0 Å². The molecule has 4 amide bonds. The first-order chi connectivity index (χ1) is 16.4. The van der Waals surface area contributed by atoms with E-state index >= 15 is 0 Å². The van der Waals surface area contributed by atoms with E-state index in [1.54, 1.807) is 0 Å². The lowest BCUT2D eigenvalue weighted by molar-refractivity contribution is -0.154. The van der Waals surface area contributed by atoms with E-state index in [-0.39, 0.29) is 30.1 Å². The minimum atomic E-state index is -3.89. The summed E-state index contributed by atoms with van der Waals surface area (Å²) in [6, 6.07) is 8.91. The van der Waals surface area contributed by atoms with Gasteiger partial charge in [-0.2, -0.15) is 8.78 Å². The van der Waals surface area contributed by atoms with Crippen LogP contribution in [0.15, 0.2) is 42.5 Å². The van der Waals surface area contributed by atoms with E-state index in [1.165, 1.54) is 30.3 Å². The summed E-state index contributed by atoms with van der Waals surface area (Å²) in [5.74, 6) is -8.73. The third-order valence-corrected chi connectivity index (χ3v) is 6.35. The van der Waals surface area contributed by atoms with E-state index in [0.29, 0.717) is 15.9 Å². The summed E-state index contributed by atoms with van der Waals surface area (Å²) in [5, 5.41) is 2.33. The van der Waals surface area contributed by atoms with E-state index < -0.39 is 46.4 Å². The number of carbonyl (C=O) groups is 4. The minimum Gasteiger partial charge on any atom is -0.387 e. The lowest BCUT2D eigenvalue weighted by atomic mass is 9.56. The van der Waals surface area contributed by atoms with Crippen LogP contribution in [0.4, 0.5) is 8.78 Å².